The maximum atomic E-state index is 13.3. The van der Waals surface area contributed by atoms with Crippen LogP contribution in [0.5, 0.6) is 0 Å². The molecule has 0 saturated heterocycles. The number of urea groups is 1. The van der Waals surface area contributed by atoms with Gasteiger partial charge in [0.1, 0.15) is 5.82 Å². The Morgan fingerprint density at radius 1 is 1.12 bits per heavy atom. The maximum absolute atomic E-state index is 13.3. The highest BCUT2D eigenvalue weighted by molar-refractivity contribution is 6.10. The van der Waals surface area contributed by atoms with Gasteiger partial charge in [-0.1, -0.05) is 31.9 Å². The number of rotatable bonds is 7. The van der Waals surface area contributed by atoms with Crippen LogP contribution in [0.15, 0.2) is 54.9 Å². The van der Waals surface area contributed by atoms with Gasteiger partial charge in [-0.25, -0.2) is 9.78 Å². The summed E-state index contributed by atoms with van der Waals surface area (Å²) in [4.78, 5) is 43.8. The Hall–Kier alpha value is -3.69. The first kappa shape index (κ1) is 24.0. The van der Waals surface area contributed by atoms with Crippen LogP contribution in [-0.2, 0) is 6.18 Å². The number of benzene rings is 1. The standard InChI is InChI=1S/C23H23F3N4O3/c1-2-3-6-12-27-20(31)16-10-11-19(28-15-16)29-13-7-14-30(22(29)33)21(32)17-8-4-5-9-18(17)23(24,25)26/h4-5,7-11,13,15H,2-3,6,12,14H2,1H3,(H,27,31). The molecular formula is C23H23F3N4O3. The van der Waals surface area contributed by atoms with Gasteiger partial charge in [0.05, 0.1) is 23.2 Å². The number of amides is 4. The van der Waals surface area contributed by atoms with E-state index in [0.717, 1.165) is 36.3 Å². The summed E-state index contributed by atoms with van der Waals surface area (Å²) < 4.78 is 39.9. The summed E-state index contributed by atoms with van der Waals surface area (Å²) in [6, 6.07) is 6.38. The van der Waals surface area contributed by atoms with Crippen LogP contribution in [0, 0.1) is 0 Å². The van der Waals surface area contributed by atoms with Crippen molar-refractivity contribution in [1.82, 2.24) is 15.2 Å². The summed E-state index contributed by atoms with van der Waals surface area (Å²) in [5.74, 6) is -1.24. The molecule has 2 heterocycles. The number of halogens is 3. The number of nitrogens with one attached hydrogen (secondary N) is 1. The molecule has 0 aliphatic carbocycles. The van der Waals surface area contributed by atoms with Gasteiger partial charge in [-0.2, -0.15) is 13.2 Å². The second kappa shape index (κ2) is 10.3. The number of hydrogen-bond donors (Lipinski definition) is 1. The summed E-state index contributed by atoms with van der Waals surface area (Å²) in [5, 5.41) is 2.78. The highest BCUT2D eigenvalue weighted by atomic mass is 19.4. The molecule has 3 rings (SSSR count). The second-order valence-corrected chi connectivity index (χ2v) is 7.36. The molecule has 4 amide bonds. The third-order valence-corrected chi connectivity index (χ3v) is 5.01. The van der Waals surface area contributed by atoms with Crippen LogP contribution in [-0.4, -0.2) is 40.8 Å². The fraction of sp³-hybridized carbons (Fsp3) is 0.304. The van der Waals surface area contributed by atoms with Crippen molar-refractivity contribution in [2.45, 2.75) is 32.4 Å². The number of carbonyl (C=O) groups excluding carboxylic acids is 3. The van der Waals surface area contributed by atoms with E-state index >= 15 is 0 Å². The fourth-order valence-corrected chi connectivity index (χ4v) is 3.28. The topological polar surface area (TPSA) is 82.6 Å². The number of alkyl halides is 3. The van der Waals surface area contributed by atoms with E-state index in [1.807, 2.05) is 0 Å². The van der Waals surface area contributed by atoms with Crippen LogP contribution in [0.4, 0.5) is 23.8 Å². The number of unbranched alkanes of at least 4 members (excludes halogenated alkanes) is 2. The zero-order valence-electron chi connectivity index (χ0n) is 17.9. The van der Waals surface area contributed by atoms with E-state index < -0.39 is 29.2 Å². The Balaban J connectivity index is 1.75. The van der Waals surface area contributed by atoms with Gasteiger partial charge < -0.3 is 5.32 Å². The predicted molar refractivity (Wildman–Crippen MR) is 116 cm³/mol. The van der Waals surface area contributed by atoms with Crippen molar-refractivity contribution in [1.29, 1.82) is 0 Å². The summed E-state index contributed by atoms with van der Waals surface area (Å²) in [6.45, 7) is 2.42. The maximum Gasteiger partial charge on any atom is 0.417 e. The molecule has 0 unspecified atom stereocenters. The average Bonchev–Trinajstić information content (AvgIpc) is 2.81. The van der Waals surface area contributed by atoms with E-state index in [2.05, 4.69) is 17.2 Å². The lowest BCUT2D eigenvalue weighted by atomic mass is 10.1. The molecule has 0 spiro atoms. The van der Waals surface area contributed by atoms with Crippen LogP contribution in [0.25, 0.3) is 0 Å². The quantitative estimate of drug-likeness (QED) is 0.612. The van der Waals surface area contributed by atoms with Crippen molar-refractivity contribution in [3.8, 4) is 0 Å². The third-order valence-electron chi connectivity index (χ3n) is 5.01. The Morgan fingerprint density at radius 3 is 2.55 bits per heavy atom. The molecular weight excluding hydrogens is 437 g/mol. The lowest BCUT2D eigenvalue weighted by Crippen LogP contribution is -2.47. The van der Waals surface area contributed by atoms with Gasteiger partial charge in [0.2, 0.25) is 0 Å². The Bertz CT molecular complexity index is 1050. The zero-order valence-corrected chi connectivity index (χ0v) is 17.9. The molecule has 174 valence electrons. The van der Waals surface area contributed by atoms with Crippen molar-refractivity contribution in [2.75, 3.05) is 18.0 Å². The van der Waals surface area contributed by atoms with Gasteiger partial charge in [-0.3, -0.25) is 19.4 Å². The van der Waals surface area contributed by atoms with Crippen molar-refractivity contribution in [3.05, 3.63) is 71.6 Å². The highest BCUT2D eigenvalue weighted by Gasteiger charge is 2.38. The van der Waals surface area contributed by atoms with E-state index in [1.165, 1.54) is 42.7 Å². The number of hydrogen-bond acceptors (Lipinski definition) is 4. The molecule has 10 heteroatoms. The smallest absolute Gasteiger partial charge is 0.352 e. The van der Waals surface area contributed by atoms with Crippen LogP contribution >= 0.6 is 0 Å². The first-order chi connectivity index (χ1) is 15.7. The molecule has 2 aromatic rings. The molecule has 0 atom stereocenters. The molecule has 7 nitrogen and oxygen atoms in total. The first-order valence-electron chi connectivity index (χ1n) is 10.5. The molecule has 0 radical (unpaired) electrons. The second-order valence-electron chi connectivity index (χ2n) is 7.36. The summed E-state index contributed by atoms with van der Waals surface area (Å²) in [5.41, 5.74) is -1.43. The highest BCUT2D eigenvalue weighted by Crippen LogP contribution is 2.33. The van der Waals surface area contributed by atoms with E-state index in [9.17, 15) is 27.6 Å². The van der Waals surface area contributed by atoms with E-state index in [0.29, 0.717) is 17.0 Å². The summed E-state index contributed by atoms with van der Waals surface area (Å²) >= 11 is 0. The van der Waals surface area contributed by atoms with Crippen molar-refractivity contribution >= 4 is 23.7 Å². The lowest BCUT2D eigenvalue weighted by Gasteiger charge is -2.30. The fourth-order valence-electron chi connectivity index (χ4n) is 3.28. The van der Waals surface area contributed by atoms with Crippen LogP contribution in [0.2, 0.25) is 0 Å². The Kier molecular flexibility index (Phi) is 7.47. The molecule has 1 N–H and O–H groups in total. The number of pyridine rings is 1. The van der Waals surface area contributed by atoms with Gasteiger partial charge >= 0.3 is 12.2 Å². The van der Waals surface area contributed by atoms with Crippen LogP contribution in [0.1, 0.15) is 52.5 Å². The number of carbonyl (C=O) groups is 3. The van der Waals surface area contributed by atoms with Gasteiger partial charge in [-0.05, 0) is 36.8 Å². The molecule has 0 bridgehead atoms. The SMILES string of the molecule is CCCCCNC(=O)c1ccc(N2C=CCN(C(=O)c3ccccc3C(F)(F)F)C2=O)nc1. The van der Waals surface area contributed by atoms with Gasteiger partial charge in [0.25, 0.3) is 11.8 Å². The average molecular weight is 460 g/mol. The Morgan fingerprint density at radius 2 is 1.88 bits per heavy atom. The van der Waals surface area contributed by atoms with Crippen molar-refractivity contribution in [3.63, 3.8) is 0 Å². The number of anilines is 1. The molecule has 1 aliphatic rings. The minimum Gasteiger partial charge on any atom is -0.352 e. The molecule has 1 aliphatic heterocycles. The molecule has 1 aromatic carbocycles. The van der Waals surface area contributed by atoms with Crippen molar-refractivity contribution < 1.29 is 27.6 Å². The third kappa shape index (κ3) is 5.57. The van der Waals surface area contributed by atoms with E-state index in [-0.39, 0.29) is 18.3 Å². The molecule has 1 aromatic heterocycles. The summed E-state index contributed by atoms with van der Waals surface area (Å²) in [6.07, 6.45) is 2.30. The van der Waals surface area contributed by atoms with E-state index in [4.69, 9.17) is 0 Å². The number of nitrogens with zero attached hydrogens (tertiary/aromatic N) is 3. The minimum atomic E-state index is -4.74. The summed E-state index contributed by atoms with van der Waals surface area (Å²) in [7, 11) is 0. The number of imide groups is 1. The Labute approximate surface area is 188 Å². The molecule has 0 fully saturated rings. The normalized spacial score (nSPS) is 13.9. The van der Waals surface area contributed by atoms with E-state index in [1.54, 1.807) is 0 Å². The lowest BCUT2D eigenvalue weighted by molar-refractivity contribution is -0.138. The monoisotopic (exact) mass is 460 g/mol. The van der Waals surface area contributed by atoms with Gasteiger partial charge in [0.15, 0.2) is 0 Å². The zero-order chi connectivity index (χ0) is 24.0. The van der Waals surface area contributed by atoms with Crippen LogP contribution < -0.4 is 10.2 Å². The largest absolute Gasteiger partial charge is 0.417 e. The van der Waals surface area contributed by atoms with Crippen LogP contribution in [0.3, 0.4) is 0 Å². The van der Waals surface area contributed by atoms with Gasteiger partial charge in [-0.15, -0.1) is 0 Å². The van der Waals surface area contributed by atoms with Crippen molar-refractivity contribution in [2.24, 2.45) is 0 Å². The molecule has 33 heavy (non-hydrogen) atoms. The molecule has 0 saturated carbocycles. The minimum absolute atomic E-state index is 0.125. The van der Waals surface area contributed by atoms with Gasteiger partial charge in [0, 0.05) is 18.9 Å². The number of aromatic nitrogens is 1. The predicted octanol–water partition coefficient (Wildman–Crippen LogP) is 4.62. The first-order valence-corrected chi connectivity index (χ1v) is 10.5.